The highest BCUT2D eigenvalue weighted by atomic mass is 16.4. The summed E-state index contributed by atoms with van der Waals surface area (Å²) in [6.07, 6.45) is -0.822. The van der Waals surface area contributed by atoms with Crippen LogP contribution in [0.1, 0.15) is 0 Å². The van der Waals surface area contributed by atoms with Gasteiger partial charge in [0, 0.05) is 51.6 Å². The molecule has 0 radical (unpaired) electrons. The quantitative estimate of drug-likeness (QED) is 0.864. The maximum absolute atomic E-state index is 10.8. The molecule has 1 aromatic carbocycles. The van der Waals surface area contributed by atoms with Crippen molar-refractivity contribution in [2.45, 2.75) is 0 Å². The van der Waals surface area contributed by atoms with Crippen LogP contribution in [0.25, 0.3) is 0 Å². The molecule has 1 aromatic rings. The molecule has 0 atom stereocenters. The standard InChI is InChI=1S/C13H19N3O2/c1-14(2)11-3-5-12(6-4-11)15-7-9-16(10-8-15)13(17)18/h3-6H,7-10H2,1-2H3,(H,17,18). The van der Waals surface area contributed by atoms with Crippen LogP contribution < -0.4 is 9.80 Å². The predicted molar refractivity (Wildman–Crippen MR) is 72.6 cm³/mol. The van der Waals surface area contributed by atoms with E-state index in [0.717, 1.165) is 18.8 Å². The summed E-state index contributed by atoms with van der Waals surface area (Å²) >= 11 is 0. The third-order valence-corrected chi connectivity index (χ3v) is 3.28. The summed E-state index contributed by atoms with van der Waals surface area (Å²) in [5, 5.41) is 8.89. The molecule has 0 bridgehead atoms. The molecule has 98 valence electrons. The van der Waals surface area contributed by atoms with Crippen molar-refractivity contribution in [1.29, 1.82) is 0 Å². The van der Waals surface area contributed by atoms with E-state index in [2.05, 4.69) is 34.1 Å². The van der Waals surface area contributed by atoms with E-state index in [1.54, 1.807) is 0 Å². The molecule has 2 rings (SSSR count). The second kappa shape index (κ2) is 5.16. The minimum absolute atomic E-state index is 0.574. The van der Waals surface area contributed by atoms with E-state index in [4.69, 9.17) is 5.11 Å². The normalized spacial score (nSPS) is 15.7. The largest absolute Gasteiger partial charge is 0.465 e. The molecule has 0 saturated carbocycles. The lowest BCUT2D eigenvalue weighted by molar-refractivity contribution is 0.142. The van der Waals surface area contributed by atoms with Gasteiger partial charge in [0.05, 0.1) is 0 Å². The van der Waals surface area contributed by atoms with Gasteiger partial charge in [-0.05, 0) is 24.3 Å². The van der Waals surface area contributed by atoms with Gasteiger partial charge in [-0.3, -0.25) is 0 Å². The number of amides is 1. The van der Waals surface area contributed by atoms with E-state index >= 15 is 0 Å². The van der Waals surface area contributed by atoms with Crippen molar-refractivity contribution in [2.75, 3.05) is 50.1 Å². The van der Waals surface area contributed by atoms with E-state index in [9.17, 15) is 4.79 Å². The molecule has 1 heterocycles. The lowest BCUT2D eigenvalue weighted by Crippen LogP contribution is -2.48. The van der Waals surface area contributed by atoms with Crippen LogP contribution in [0.4, 0.5) is 16.2 Å². The van der Waals surface area contributed by atoms with Crippen molar-refractivity contribution in [3.63, 3.8) is 0 Å². The van der Waals surface area contributed by atoms with E-state index in [1.807, 2.05) is 14.1 Å². The Balaban J connectivity index is 1.99. The SMILES string of the molecule is CN(C)c1ccc(N2CCN(C(=O)O)CC2)cc1. The molecule has 1 amide bonds. The Hall–Kier alpha value is -1.91. The first-order chi connectivity index (χ1) is 8.58. The van der Waals surface area contributed by atoms with Gasteiger partial charge in [-0.15, -0.1) is 0 Å². The number of nitrogens with zero attached hydrogens (tertiary/aromatic N) is 3. The maximum atomic E-state index is 10.8. The van der Waals surface area contributed by atoms with E-state index in [1.165, 1.54) is 10.6 Å². The third kappa shape index (κ3) is 2.67. The Kier molecular flexibility index (Phi) is 3.60. The Morgan fingerprint density at radius 2 is 1.67 bits per heavy atom. The maximum Gasteiger partial charge on any atom is 0.407 e. The van der Waals surface area contributed by atoms with Gasteiger partial charge in [-0.1, -0.05) is 0 Å². The van der Waals surface area contributed by atoms with Gasteiger partial charge in [0.15, 0.2) is 0 Å². The molecular weight excluding hydrogens is 230 g/mol. The van der Waals surface area contributed by atoms with Crippen LogP contribution in [-0.4, -0.2) is 56.4 Å². The van der Waals surface area contributed by atoms with Gasteiger partial charge in [0.1, 0.15) is 0 Å². The molecule has 18 heavy (non-hydrogen) atoms. The van der Waals surface area contributed by atoms with Gasteiger partial charge >= 0.3 is 6.09 Å². The van der Waals surface area contributed by atoms with Crippen molar-refractivity contribution >= 4 is 17.5 Å². The monoisotopic (exact) mass is 249 g/mol. The minimum atomic E-state index is -0.822. The predicted octanol–water partition coefficient (Wildman–Crippen LogP) is 1.55. The van der Waals surface area contributed by atoms with Gasteiger partial charge in [-0.2, -0.15) is 0 Å². The molecule has 0 spiro atoms. The molecule has 1 fully saturated rings. The lowest BCUT2D eigenvalue weighted by atomic mass is 10.2. The summed E-state index contributed by atoms with van der Waals surface area (Å²) in [5.41, 5.74) is 2.33. The highest BCUT2D eigenvalue weighted by Crippen LogP contribution is 2.20. The van der Waals surface area contributed by atoms with Gasteiger partial charge in [0.25, 0.3) is 0 Å². The van der Waals surface area contributed by atoms with Gasteiger partial charge in [-0.25, -0.2) is 4.79 Å². The number of piperazine rings is 1. The first kappa shape index (κ1) is 12.5. The molecule has 1 aliphatic rings. The topological polar surface area (TPSA) is 47.0 Å². The first-order valence-corrected chi connectivity index (χ1v) is 6.08. The average Bonchev–Trinajstić information content (AvgIpc) is 2.39. The van der Waals surface area contributed by atoms with Crippen LogP contribution in [0.15, 0.2) is 24.3 Å². The van der Waals surface area contributed by atoms with Crippen LogP contribution in [0.3, 0.4) is 0 Å². The number of carboxylic acid groups (broad SMARTS) is 1. The van der Waals surface area contributed by atoms with Crippen LogP contribution in [-0.2, 0) is 0 Å². The van der Waals surface area contributed by atoms with E-state index in [-0.39, 0.29) is 0 Å². The number of anilines is 2. The van der Waals surface area contributed by atoms with Crippen molar-refractivity contribution in [3.05, 3.63) is 24.3 Å². The number of hydrogen-bond donors (Lipinski definition) is 1. The zero-order chi connectivity index (χ0) is 13.1. The molecule has 0 aromatic heterocycles. The molecule has 1 N–H and O–H groups in total. The Labute approximate surface area is 107 Å². The van der Waals surface area contributed by atoms with Crippen molar-refractivity contribution in [1.82, 2.24) is 4.90 Å². The average molecular weight is 249 g/mol. The number of benzene rings is 1. The van der Waals surface area contributed by atoms with Gasteiger partial charge < -0.3 is 19.8 Å². The minimum Gasteiger partial charge on any atom is -0.465 e. The Morgan fingerprint density at radius 3 is 2.11 bits per heavy atom. The molecular formula is C13H19N3O2. The van der Waals surface area contributed by atoms with E-state index in [0.29, 0.717) is 13.1 Å². The van der Waals surface area contributed by atoms with Crippen LogP contribution in [0.2, 0.25) is 0 Å². The van der Waals surface area contributed by atoms with Crippen LogP contribution in [0.5, 0.6) is 0 Å². The van der Waals surface area contributed by atoms with E-state index < -0.39 is 6.09 Å². The number of rotatable bonds is 2. The highest BCUT2D eigenvalue weighted by Gasteiger charge is 2.20. The third-order valence-electron chi connectivity index (χ3n) is 3.28. The van der Waals surface area contributed by atoms with Crippen molar-refractivity contribution in [3.8, 4) is 0 Å². The summed E-state index contributed by atoms with van der Waals surface area (Å²) in [4.78, 5) is 16.6. The van der Waals surface area contributed by atoms with Crippen LogP contribution >= 0.6 is 0 Å². The zero-order valence-electron chi connectivity index (χ0n) is 10.8. The van der Waals surface area contributed by atoms with Crippen LogP contribution in [0, 0.1) is 0 Å². The molecule has 5 heteroatoms. The number of hydrogen-bond acceptors (Lipinski definition) is 3. The first-order valence-electron chi connectivity index (χ1n) is 6.08. The summed E-state index contributed by atoms with van der Waals surface area (Å²) < 4.78 is 0. The zero-order valence-corrected chi connectivity index (χ0v) is 10.8. The number of carbonyl (C=O) groups is 1. The summed E-state index contributed by atoms with van der Waals surface area (Å²) in [7, 11) is 4.03. The summed E-state index contributed by atoms with van der Waals surface area (Å²) in [6.45, 7) is 2.66. The second-order valence-electron chi connectivity index (χ2n) is 4.67. The molecule has 1 saturated heterocycles. The highest BCUT2D eigenvalue weighted by molar-refractivity contribution is 5.65. The van der Waals surface area contributed by atoms with Crippen molar-refractivity contribution in [2.24, 2.45) is 0 Å². The molecule has 1 aliphatic heterocycles. The Bertz CT molecular complexity index is 409. The molecule has 5 nitrogen and oxygen atoms in total. The van der Waals surface area contributed by atoms with Crippen molar-refractivity contribution < 1.29 is 9.90 Å². The van der Waals surface area contributed by atoms with Gasteiger partial charge in [0.2, 0.25) is 0 Å². The molecule has 0 unspecified atom stereocenters. The Morgan fingerprint density at radius 1 is 1.11 bits per heavy atom. The fourth-order valence-corrected chi connectivity index (χ4v) is 2.12. The fraction of sp³-hybridized carbons (Fsp3) is 0.462. The second-order valence-corrected chi connectivity index (χ2v) is 4.67. The smallest absolute Gasteiger partial charge is 0.407 e. The summed E-state index contributed by atoms with van der Waals surface area (Å²) in [5.74, 6) is 0. The fourth-order valence-electron chi connectivity index (χ4n) is 2.12. The summed E-state index contributed by atoms with van der Waals surface area (Å²) in [6, 6.07) is 8.34. The lowest BCUT2D eigenvalue weighted by Gasteiger charge is -2.34. The molecule has 0 aliphatic carbocycles.